The highest BCUT2D eigenvalue weighted by atomic mass is 16.2. The second kappa shape index (κ2) is 7.66. The van der Waals surface area contributed by atoms with E-state index in [1.54, 1.807) is 16.8 Å². The summed E-state index contributed by atoms with van der Waals surface area (Å²) in [4.78, 5) is 22.8. The van der Waals surface area contributed by atoms with Gasteiger partial charge in [0, 0.05) is 31.9 Å². The second-order valence-corrected chi connectivity index (χ2v) is 4.61. The fourth-order valence-electron chi connectivity index (χ4n) is 1.43. The monoisotopic (exact) mass is 251 g/mol. The van der Waals surface area contributed by atoms with Gasteiger partial charge in [0.25, 0.3) is 5.56 Å². The summed E-state index contributed by atoms with van der Waals surface area (Å²) < 4.78 is 1.61. The number of rotatable bonds is 7. The topological polar surface area (TPSA) is 63.1 Å². The Labute approximate surface area is 107 Å². The van der Waals surface area contributed by atoms with E-state index in [4.69, 9.17) is 0 Å². The van der Waals surface area contributed by atoms with Gasteiger partial charge in [0.05, 0.1) is 6.54 Å². The number of nitrogens with zero attached hydrogens (tertiary/aromatic N) is 1. The third kappa shape index (κ3) is 5.63. The van der Waals surface area contributed by atoms with Crippen molar-refractivity contribution in [1.82, 2.24) is 15.2 Å². The van der Waals surface area contributed by atoms with Crippen LogP contribution in [-0.2, 0) is 11.3 Å². The lowest BCUT2D eigenvalue weighted by Crippen LogP contribution is -2.37. The van der Waals surface area contributed by atoms with Crippen LogP contribution < -0.4 is 16.2 Å². The van der Waals surface area contributed by atoms with Crippen molar-refractivity contribution in [2.24, 2.45) is 5.92 Å². The standard InChI is InChI=1S/C13H21N3O2/c1-11(2)9-15-12(17)10-14-6-8-16-7-4-3-5-13(16)18/h3-5,7,11,14H,6,8-10H2,1-2H3,(H,15,17). The fourth-order valence-corrected chi connectivity index (χ4v) is 1.43. The highest BCUT2D eigenvalue weighted by Crippen LogP contribution is 1.86. The normalized spacial score (nSPS) is 10.6. The summed E-state index contributed by atoms with van der Waals surface area (Å²) in [6, 6.07) is 5.05. The van der Waals surface area contributed by atoms with E-state index in [9.17, 15) is 9.59 Å². The van der Waals surface area contributed by atoms with Crippen LogP contribution in [0, 0.1) is 5.92 Å². The summed E-state index contributed by atoms with van der Waals surface area (Å²) in [5.41, 5.74) is -0.0245. The summed E-state index contributed by atoms with van der Waals surface area (Å²) in [6.07, 6.45) is 1.74. The first-order chi connectivity index (χ1) is 8.59. The highest BCUT2D eigenvalue weighted by molar-refractivity contribution is 5.77. The Morgan fingerprint density at radius 3 is 2.83 bits per heavy atom. The predicted octanol–water partition coefficient (Wildman–Crippen LogP) is 0.210. The number of pyridine rings is 1. The van der Waals surface area contributed by atoms with Crippen LogP contribution in [0.5, 0.6) is 0 Å². The molecule has 0 saturated heterocycles. The third-order valence-electron chi connectivity index (χ3n) is 2.42. The molecular weight excluding hydrogens is 230 g/mol. The molecule has 1 rings (SSSR count). The van der Waals surface area contributed by atoms with Crippen molar-refractivity contribution >= 4 is 5.91 Å². The van der Waals surface area contributed by atoms with E-state index in [-0.39, 0.29) is 18.0 Å². The molecule has 1 aromatic rings. The van der Waals surface area contributed by atoms with Crippen molar-refractivity contribution < 1.29 is 4.79 Å². The van der Waals surface area contributed by atoms with Gasteiger partial charge in [-0.05, 0) is 12.0 Å². The predicted molar refractivity (Wildman–Crippen MR) is 71.4 cm³/mol. The molecule has 0 saturated carbocycles. The molecule has 18 heavy (non-hydrogen) atoms. The van der Waals surface area contributed by atoms with Crippen molar-refractivity contribution in [3.8, 4) is 0 Å². The van der Waals surface area contributed by atoms with E-state index >= 15 is 0 Å². The van der Waals surface area contributed by atoms with Gasteiger partial charge in [-0.1, -0.05) is 19.9 Å². The van der Waals surface area contributed by atoms with Crippen LogP contribution in [0.25, 0.3) is 0 Å². The summed E-state index contributed by atoms with van der Waals surface area (Å²) in [5.74, 6) is 0.445. The third-order valence-corrected chi connectivity index (χ3v) is 2.42. The molecule has 0 aliphatic rings. The quantitative estimate of drug-likeness (QED) is 0.681. The molecule has 1 heterocycles. The zero-order valence-electron chi connectivity index (χ0n) is 11.0. The minimum Gasteiger partial charge on any atom is -0.355 e. The molecule has 5 heteroatoms. The number of amides is 1. The molecule has 100 valence electrons. The number of carbonyl (C=O) groups is 1. The minimum absolute atomic E-state index is 0.0101. The summed E-state index contributed by atoms with van der Waals surface area (Å²) in [7, 11) is 0. The number of hydrogen-bond donors (Lipinski definition) is 2. The van der Waals surface area contributed by atoms with Crippen LogP contribution in [0.3, 0.4) is 0 Å². The summed E-state index contributed by atoms with van der Waals surface area (Å²) >= 11 is 0. The molecule has 0 aromatic carbocycles. The van der Waals surface area contributed by atoms with Crippen molar-refractivity contribution in [3.63, 3.8) is 0 Å². The first kappa shape index (κ1) is 14.4. The minimum atomic E-state index is -0.0245. The average Bonchev–Trinajstić information content (AvgIpc) is 2.34. The lowest BCUT2D eigenvalue weighted by Gasteiger charge is -2.09. The largest absolute Gasteiger partial charge is 0.355 e. The van der Waals surface area contributed by atoms with Gasteiger partial charge >= 0.3 is 0 Å². The van der Waals surface area contributed by atoms with Gasteiger partial charge in [-0.15, -0.1) is 0 Å². The Morgan fingerprint density at radius 2 is 2.17 bits per heavy atom. The van der Waals surface area contributed by atoms with Gasteiger partial charge in [-0.3, -0.25) is 9.59 Å². The maximum Gasteiger partial charge on any atom is 0.250 e. The van der Waals surface area contributed by atoms with Crippen LogP contribution in [0.15, 0.2) is 29.2 Å². The second-order valence-electron chi connectivity index (χ2n) is 4.61. The van der Waals surface area contributed by atoms with Crippen LogP contribution in [-0.4, -0.2) is 30.1 Å². The molecule has 1 aromatic heterocycles. The summed E-state index contributed by atoms with van der Waals surface area (Å²) in [5, 5.41) is 5.84. The summed E-state index contributed by atoms with van der Waals surface area (Å²) in [6.45, 7) is 6.24. The van der Waals surface area contributed by atoms with E-state index in [1.165, 1.54) is 6.07 Å². The fraction of sp³-hybridized carbons (Fsp3) is 0.538. The average molecular weight is 251 g/mol. The molecule has 0 aliphatic heterocycles. The van der Waals surface area contributed by atoms with Crippen LogP contribution in [0.1, 0.15) is 13.8 Å². The Hall–Kier alpha value is -1.62. The van der Waals surface area contributed by atoms with Crippen molar-refractivity contribution in [2.45, 2.75) is 20.4 Å². The molecule has 2 N–H and O–H groups in total. The Bertz CT molecular complexity index is 426. The van der Waals surface area contributed by atoms with Crippen molar-refractivity contribution in [2.75, 3.05) is 19.6 Å². The number of aromatic nitrogens is 1. The van der Waals surface area contributed by atoms with Crippen molar-refractivity contribution in [3.05, 3.63) is 34.7 Å². The van der Waals surface area contributed by atoms with E-state index in [0.717, 1.165) is 0 Å². The van der Waals surface area contributed by atoms with E-state index in [0.29, 0.717) is 25.6 Å². The number of carbonyl (C=O) groups excluding carboxylic acids is 1. The molecule has 0 radical (unpaired) electrons. The van der Waals surface area contributed by atoms with E-state index < -0.39 is 0 Å². The molecule has 0 unspecified atom stereocenters. The van der Waals surface area contributed by atoms with Crippen molar-refractivity contribution in [1.29, 1.82) is 0 Å². The van der Waals surface area contributed by atoms with Crippen LogP contribution in [0.2, 0.25) is 0 Å². The maximum atomic E-state index is 11.4. The van der Waals surface area contributed by atoms with Gasteiger partial charge < -0.3 is 15.2 Å². The first-order valence-corrected chi connectivity index (χ1v) is 6.22. The molecular formula is C13H21N3O2. The molecule has 0 aliphatic carbocycles. The molecule has 0 atom stereocenters. The van der Waals surface area contributed by atoms with Crippen LogP contribution in [0.4, 0.5) is 0 Å². The SMILES string of the molecule is CC(C)CNC(=O)CNCCn1ccccc1=O. The zero-order chi connectivity index (χ0) is 13.4. The number of nitrogens with one attached hydrogen (secondary N) is 2. The number of hydrogen-bond acceptors (Lipinski definition) is 3. The zero-order valence-corrected chi connectivity index (χ0v) is 11.0. The highest BCUT2D eigenvalue weighted by Gasteiger charge is 2.01. The molecule has 0 spiro atoms. The smallest absolute Gasteiger partial charge is 0.250 e. The van der Waals surface area contributed by atoms with E-state index in [1.807, 2.05) is 6.07 Å². The lowest BCUT2D eigenvalue weighted by molar-refractivity contribution is -0.120. The Kier molecular flexibility index (Phi) is 6.14. The van der Waals surface area contributed by atoms with E-state index in [2.05, 4.69) is 24.5 Å². The molecule has 5 nitrogen and oxygen atoms in total. The lowest BCUT2D eigenvalue weighted by atomic mass is 10.2. The maximum absolute atomic E-state index is 11.4. The Morgan fingerprint density at radius 1 is 1.39 bits per heavy atom. The first-order valence-electron chi connectivity index (χ1n) is 6.22. The Balaban J connectivity index is 2.17. The molecule has 0 bridgehead atoms. The van der Waals surface area contributed by atoms with Crippen LogP contribution >= 0.6 is 0 Å². The van der Waals surface area contributed by atoms with Gasteiger partial charge in [0.15, 0.2) is 0 Å². The van der Waals surface area contributed by atoms with Gasteiger partial charge in [0.1, 0.15) is 0 Å². The molecule has 0 fully saturated rings. The van der Waals surface area contributed by atoms with Gasteiger partial charge in [-0.25, -0.2) is 0 Å². The van der Waals surface area contributed by atoms with Gasteiger partial charge in [-0.2, -0.15) is 0 Å². The molecule has 1 amide bonds. The van der Waals surface area contributed by atoms with Gasteiger partial charge in [0.2, 0.25) is 5.91 Å².